The van der Waals surface area contributed by atoms with Gasteiger partial charge in [-0.3, -0.25) is 9.69 Å². The van der Waals surface area contributed by atoms with Gasteiger partial charge in [0.1, 0.15) is 0 Å². The van der Waals surface area contributed by atoms with E-state index in [0.717, 1.165) is 45.9 Å². The van der Waals surface area contributed by atoms with E-state index in [-0.39, 0.29) is 5.91 Å². The van der Waals surface area contributed by atoms with E-state index >= 15 is 0 Å². The SMILES string of the molecule is CCOCCN1CCN(CCC(=O)NC2CCCC2)C[C@@H]1C. The van der Waals surface area contributed by atoms with E-state index < -0.39 is 0 Å². The Morgan fingerprint density at radius 1 is 1.23 bits per heavy atom. The Morgan fingerprint density at radius 3 is 2.68 bits per heavy atom. The van der Waals surface area contributed by atoms with E-state index in [1.54, 1.807) is 0 Å². The molecule has 0 radical (unpaired) electrons. The maximum Gasteiger partial charge on any atom is 0.221 e. The lowest BCUT2D eigenvalue weighted by Crippen LogP contribution is -2.53. The molecule has 2 rings (SSSR count). The molecule has 1 aliphatic carbocycles. The van der Waals surface area contributed by atoms with Gasteiger partial charge in [-0.15, -0.1) is 0 Å². The first kappa shape index (κ1) is 17.7. The van der Waals surface area contributed by atoms with E-state index in [1.165, 1.54) is 25.7 Å². The molecule has 1 amide bonds. The molecular weight excluding hydrogens is 278 g/mol. The van der Waals surface area contributed by atoms with Gasteiger partial charge in [0.05, 0.1) is 6.61 Å². The zero-order valence-electron chi connectivity index (χ0n) is 14.4. The highest BCUT2D eigenvalue weighted by Crippen LogP contribution is 2.17. The largest absolute Gasteiger partial charge is 0.380 e. The first-order chi connectivity index (χ1) is 10.7. The number of carbonyl (C=O) groups is 1. The number of hydrogen-bond acceptors (Lipinski definition) is 4. The highest BCUT2D eigenvalue weighted by atomic mass is 16.5. The zero-order valence-corrected chi connectivity index (χ0v) is 14.4. The highest BCUT2D eigenvalue weighted by Gasteiger charge is 2.24. The summed E-state index contributed by atoms with van der Waals surface area (Å²) in [6.45, 7) is 11.0. The fourth-order valence-electron chi connectivity index (χ4n) is 3.56. The summed E-state index contributed by atoms with van der Waals surface area (Å²) in [6.07, 6.45) is 5.52. The van der Waals surface area contributed by atoms with Crippen LogP contribution in [0.25, 0.3) is 0 Å². The van der Waals surface area contributed by atoms with Crippen molar-refractivity contribution in [3.63, 3.8) is 0 Å². The number of hydrogen-bond donors (Lipinski definition) is 1. The van der Waals surface area contributed by atoms with Gasteiger partial charge in [0.15, 0.2) is 0 Å². The molecule has 1 heterocycles. The Labute approximate surface area is 135 Å². The smallest absolute Gasteiger partial charge is 0.221 e. The van der Waals surface area contributed by atoms with Gasteiger partial charge < -0.3 is 15.0 Å². The summed E-state index contributed by atoms with van der Waals surface area (Å²) in [6, 6.07) is 0.994. The fraction of sp³-hybridized carbons (Fsp3) is 0.941. The lowest BCUT2D eigenvalue weighted by Gasteiger charge is -2.39. The number of ether oxygens (including phenoxy) is 1. The molecule has 1 aliphatic heterocycles. The van der Waals surface area contributed by atoms with Gasteiger partial charge >= 0.3 is 0 Å². The van der Waals surface area contributed by atoms with Crippen molar-refractivity contribution in [2.45, 2.75) is 58.0 Å². The molecule has 0 aromatic rings. The first-order valence-electron chi connectivity index (χ1n) is 9.02. The predicted octanol–water partition coefficient (Wildman–Crippen LogP) is 1.48. The molecule has 0 bridgehead atoms. The minimum atomic E-state index is 0.235. The average molecular weight is 311 g/mol. The zero-order chi connectivity index (χ0) is 15.8. The van der Waals surface area contributed by atoms with Crippen LogP contribution >= 0.6 is 0 Å². The number of carbonyl (C=O) groups excluding carboxylic acids is 1. The van der Waals surface area contributed by atoms with Crippen LogP contribution in [0.1, 0.15) is 46.0 Å². The van der Waals surface area contributed by atoms with E-state index in [4.69, 9.17) is 4.74 Å². The molecule has 0 unspecified atom stereocenters. The van der Waals surface area contributed by atoms with Crippen LogP contribution in [-0.2, 0) is 9.53 Å². The molecule has 1 saturated heterocycles. The summed E-state index contributed by atoms with van der Waals surface area (Å²) in [5, 5.41) is 3.18. The van der Waals surface area contributed by atoms with E-state index in [9.17, 15) is 4.79 Å². The van der Waals surface area contributed by atoms with Crippen molar-refractivity contribution in [2.24, 2.45) is 0 Å². The summed E-state index contributed by atoms with van der Waals surface area (Å²) >= 11 is 0. The number of amides is 1. The molecule has 1 saturated carbocycles. The van der Waals surface area contributed by atoms with Crippen LogP contribution in [-0.4, -0.2) is 73.7 Å². The normalized spacial score (nSPS) is 24.7. The van der Waals surface area contributed by atoms with E-state index in [2.05, 4.69) is 22.0 Å². The van der Waals surface area contributed by atoms with Crippen LogP contribution in [0, 0.1) is 0 Å². The number of nitrogens with one attached hydrogen (secondary N) is 1. The maximum atomic E-state index is 12.0. The second-order valence-corrected chi connectivity index (χ2v) is 6.68. The number of rotatable bonds is 8. The summed E-state index contributed by atoms with van der Waals surface area (Å²) in [5.41, 5.74) is 0. The van der Waals surface area contributed by atoms with E-state index in [0.29, 0.717) is 18.5 Å². The van der Waals surface area contributed by atoms with Gasteiger partial charge in [0, 0.05) is 57.8 Å². The van der Waals surface area contributed by atoms with Gasteiger partial charge in [-0.25, -0.2) is 0 Å². The summed E-state index contributed by atoms with van der Waals surface area (Å²) < 4.78 is 5.45. The van der Waals surface area contributed by atoms with Gasteiger partial charge in [0.25, 0.3) is 0 Å². The van der Waals surface area contributed by atoms with Gasteiger partial charge in [-0.1, -0.05) is 12.8 Å². The monoisotopic (exact) mass is 311 g/mol. The number of nitrogens with zero attached hydrogens (tertiary/aromatic N) is 2. The summed E-state index contributed by atoms with van der Waals surface area (Å²) in [7, 11) is 0. The third-order valence-electron chi connectivity index (χ3n) is 4.95. The number of piperazine rings is 1. The maximum absolute atomic E-state index is 12.0. The molecular formula is C17H33N3O2. The standard InChI is InChI=1S/C17H33N3O2/c1-3-22-13-12-20-11-10-19(14-15(20)2)9-8-17(21)18-16-6-4-5-7-16/h15-16H,3-14H2,1-2H3,(H,18,21)/t15-/m0/s1. The predicted molar refractivity (Wildman–Crippen MR) is 89.0 cm³/mol. The Bertz CT molecular complexity index is 332. The molecule has 128 valence electrons. The molecule has 2 aliphatic rings. The second kappa shape index (κ2) is 9.48. The van der Waals surface area contributed by atoms with Gasteiger partial charge in [-0.2, -0.15) is 0 Å². The summed E-state index contributed by atoms with van der Waals surface area (Å²) in [4.78, 5) is 16.9. The Hall–Kier alpha value is -0.650. The Kier molecular flexibility index (Phi) is 7.63. The molecule has 0 aromatic carbocycles. The van der Waals surface area contributed by atoms with Crippen LogP contribution < -0.4 is 5.32 Å². The lowest BCUT2D eigenvalue weighted by molar-refractivity contribution is -0.122. The molecule has 22 heavy (non-hydrogen) atoms. The van der Waals surface area contributed by atoms with Crippen LogP contribution in [0.4, 0.5) is 0 Å². The Morgan fingerprint density at radius 2 is 2.00 bits per heavy atom. The molecule has 2 fully saturated rings. The minimum absolute atomic E-state index is 0.235. The van der Waals surface area contributed by atoms with Crippen molar-refractivity contribution in [2.75, 3.05) is 45.9 Å². The van der Waals surface area contributed by atoms with Crippen molar-refractivity contribution in [1.82, 2.24) is 15.1 Å². The Balaban J connectivity index is 1.60. The van der Waals surface area contributed by atoms with Crippen molar-refractivity contribution in [3.8, 4) is 0 Å². The highest BCUT2D eigenvalue weighted by molar-refractivity contribution is 5.76. The van der Waals surface area contributed by atoms with Crippen LogP contribution in [0.5, 0.6) is 0 Å². The van der Waals surface area contributed by atoms with Crippen LogP contribution in [0.2, 0.25) is 0 Å². The lowest BCUT2D eigenvalue weighted by atomic mass is 10.1. The van der Waals surface area contributed by atoms with Crippen molar-refractivity contribution >= 4 is 5.91 Å². The molecule has 0 spiro atoms. The first-order valence-corrected chi connectivity index (χ1v) is 9.02. The van der Waals surface area contributed by atoms with Crippen molar-refractivity contribution in [1.29, 1.82) is 0 Å². The molecule has 1 atom stereocenters. The second-order valence-electron chi connectivity index (χ2n) is 6.68. The van der Waals surface area contributed by atoms with Crippen LogP contribution in [0.15, 0.2) is 0 Å². The van der Waals surface area contributed by atoms with Crippen molar-refractivity contribution < 1.29 is 9.53 Å². The minimum Gasteiger partial charge on any atom is -0.380 e. The van der Waals surface area contributed by atoms with Gasteiger partial charge in [0.2, 0.25) is 5.91 Å². The molecule has 5 nitrogen and oxygen atoms in total. The van der Waals surface area contributed by atoms with Crippen LogP contribution in [0.3, 0.4) is 0 Å². The van der Waals surface area contributed by atoms with Gasteiger partial charge in [-0.05, 0) is 26.7 Å². The molecule has 5 heteroatoms. The quantitative estimate of drug-likeness (QED) is 0.690. The summed E-state index contributed by atoms with van der Waals surface area (Å²) in [5.74, 6) is 0.235. The van der Waals surface area contributed by atoms with Crippen molar-refractivity contribution in [3.05, 3.63) is 0 Å². The fourth-order valence-corrected chi connectivity index (χ4v) is 3.56. The van der Waals surface area contributed by atoms with E-state index in [1.807, 2.05) is 6.92 Å². The topological polar surface area (TPSA) is 44.8 Å². The average Bonchev–Trinajstić information content (AvgIpc) is 3.00. The molecule has 0 aromatic heterocycles. The third kappa shape index (κ3) is 5.86. The molecule has 1 N–H and O–H groups in total. The third-order valence-corrected chi connectivity index (χ3v) is 4.95.